The largest absolute Gasteiger partial charge is 0.273 e. The van der Waals surface area contributed by atoms with Gasteiger partial charge in [-0.25, -0.2) is 0 Å². The summed E-state index contributed by atoms with van der Waals surface area (Å²) < 4.78 is 4.06. The second-order valence-corrected chi connectivity index (χ2v) is 4.25. The first-order valence-corrected chi connectivity index (χ1v) is 6.27. The Morgan fingerprint density at radius 2 is 2.00 bits per heavy atom. The van der Waals surface area contributed by atoms with Crippen molar-refractivity contribution in [2.24, 2.45) is 7.05 Å². The molecule has 0 unspecified atom stereocenters. The van der Waals surface area contributed by atoms with Gasteiger partial charge in [0, 0.05) is 37.6 Å². The van der Waals surface area contributed by atoms with Crippen LogP contribution in [0.5, 0.6) is 0 Å². The van der Waals surface area contributed by atoms with Gasteiger partial charge in [0.15, 0.2) is 0 Å². The maximum Gasteiger partial charge on any atom is 0.0624 e. The van der Waals surface area contributed by atoms with E-state index in [2.05, 4.69) is 40.9 Å². The maximum atomic E-state index is 4.62. The number of hydrogen-bond donors (Lipinski definition) is 0. The number of hydrogen-bond acceptors (Lipinski definition) is 2. The van der Waals surface area contributed by atoms with Gasteiger partial charge >= 0.3 is 0 Å². The van der Waals surface area contributed by atoms with E-state index in [-0.39, 0.29) is 0 Å². The first-order valence-electron chi connectivity index (χ1n) is 6.27. The molecule has 0 amide bonds. The minimum Gasteiger partial charge on any atom is -0.273 e. The molecular weight excluding hydrogens is 212 g/mol. The van der Waals surface area contributed by atoms with Gasteiger partial charge in [0.1, 0.15) is 0 Å². The third-order valence-electron chi connectivity index (χ3n) is 3.14. The fourth-order valence-electron chi connectivity index (χ4n) is 2.03. The van der Waals surface area contributed by atoms with E-state index in [1.54, 1.807) is 0 Å². The van der Waals surface area contributed by atoms with E-state index in [4.69, 9.17) is 0 Å². The van der Waals surface area contributed by atoms with Crippen LogP contribution < -0.4 is 0 Å². The molecule has 2 heterocycles. The molecule has 2 rings (SSSR count). The summed E-state index contributed by atoms with van der Waals surface area (Å²) in [4.78, 5) is 0. The standard InChI is InChI=1S/C13H20N4/c1-4-11-10-12(5-2)17(15-11)9-7-13-6-8-14-16(13)3/h6,8,10H,4-5,7,9H2,1-3H3. The van der Waals surface area contributed by atoms with Crippen molar-refractivity contribution in [2.45, 2.75) is 39.7 Å². The second kappa shape index (κ2) is 5.17. The number of rotatable bonds is 5. The van der Waals surface area contributed by atoms with Crippen LogP contribution in [0.4, 0.5) is 0 Å². The predicted octanol–water partition coefficient (Wildman–Crippen LogP) is 1.98. The van der Waals surface area contributed by atoms with Gasteiger partial charge in [-0.2, -0.15) is 10.2 Å². The van der Waals surface area contributed by atoms with Gasteiger partial charge in [0.05, 0.1) is 5.69 Å². The summed E-state index contributed by atoms with van der Waals surface area (Å²) in [6, 6.07) is 4.28. The Morgan fingerprint density at radius 1 is 1.18 bits per heavy atom. The molecule has 0 saturated carbocycles. The van der Waals surface area contributed by atoms with E-state index >= 15 is 0 Å². The molecule has 0 spiro atoms. The quantitative estimate of drug-likeness (QED) is 0.790. The molecule has 4 nitrogen and oxygen atoms in total. The van der Waals surface area contributed by atoms with Crippen molar-refractivity contribution in [3.05, 3.63) is 35.4 Å². The molecule has 2 aromatic rings. The Balaban J connectivity index is 2.08. The van der Waals surface area contributed by atoms with E-state index < -0.39 is 0 Å². The highest BCUT2D eigenvalue weighted by atomic mass is 15.3. The van der Waals surface area contributed by atoms with Crippen molar-refractivity contribution in [1.82, 2.24) is 19.6 Å². The zero-order valence-electron chi connectivity index (χ0n) is 10.8. The Morgan fingerprint density at radius 3 is 2.59 bits per heavy atom. The van der Waals surface area contributed by atoms with Crippen LogP contribution in [0.25, 0.3) is 0 Å². The van der Waals surface area contributed by atoms with E-state index in [0.717, 1.165) is 25.8 Å². The molecule has 0 aliphatic rings. The zero-order valence-corrected chi connectivity index (χ0v) is 10.8. The molecule has 0 aliphatic carbocycles. The van der Waals surface area contributed by atoms with Crippen LogP contribution in [-0.2, 0) is 32.9 Å². The van der Waals surface area contributed by atoms with Crippen LogP contribution in [-0.4, -0.2) is 19.6 Å². The molecule has 0 atom stereocenters. The van der Waals surface area contributed by atoms with Crippen molar-refractivity contribution < 1.29 is 0 Å². The summed E-state index contributed by atoms with van der Waals surface area (Å²) in [5.41, 5.74) is 3.76. The molecule has 2 aromatic heterocycles. The van der Waals surface area contributed by atoms with Gasteiger partial charge in [-0.15, -0.1) is 0 Å². The highest BCUT2D eigenvalue weighted by molar-refractivity contribution is 5.11. The third kappa shape index (κ3) is 2.57. The summed E-state index contributed by atoms with van der Waals surface area (Å²) in [5, 5.41) is 8.80. The van der Waals surface area contributed by atoms with Crippen molar-refractivity contribution in [3.8, 4) is 0 Å². The molecule has 0 N–H and O–H groups in total. The van der Waals surface area contributed by atoms with Crippen LogP contribution in [0.2, 0.25) is 0 Å². The summed E-state index contributed by atoms with van der Waals surface area (Å²) >= 11 is 0. The molecule has 17 heavy (non-hydrogen) atoms. The lowest BCUT2D eigenvalue weighted by atomic mass is 10.2. The van der Waals surface area contributed by atoms with Crippen LogP contribution >= 0.6 is 0 Å². The molecule has 0 radical (unpaired) electrons. The maximum absolute atomic E-state index is 4.62. The highest BCUT2D eigenvalue weighted by Gasteiger charge is 2.06. The Kier molecular flexibility index (Phi) is 3.61. The predicted molar refractivity (Wildman–Crippen MR) is 67.9 cm³/mol. The molecular formula is C13H20N4. The minimum absolute atomic E-state index is 0.933. The fraction of sp³-hybridized carbons (Fsp3) is 0.538. The lowest BCUT2D eigenvalue weighted by Gasteiger charge is -2.06. The van der Waals surface area contributed by atoms with E-state index in [9.17, 15) is 0 Å². The van der Waals surface area contributed by atoms with E-state index in [1.165, 1.54) is 17.1 Å². The molecule has 4 heteroatoms. The summed E-state index contributed by atoms with van der Waals surface area (Å²) in [5.74, 6) is 0. The zero-order chi connectivity index (χ0) is 12.3. The Labute approximate surface area is 102 Å². The van der Waals surface area contributed by atoms with Gasteiger partial charge in [-0.05, 0) is 25.0 Å². The van der Waals surface area contributed by atoms with Crippen molar-refractivity contribution >= 4 is 0 Å². The molecule has 0 fully saturated rings. The lowest BCUT2D eigenvalue weighted by molar-refractivity contribution is 0.561. The minimum atomic E-state index is 0.933. The highest BCUT2D eigenvalue weighted by Crippen LogP contribution is 2.08. The summed E-state index contributed by atoms with van der Waals surface area (Å²) in [7, 11) is 1.98. The monoisotopic (exact) mass is 232 g/mol. The number of aromatic nitrogens is 4. The molecule has 0 aromatic carbocycles. The van der Waals surface area contributed by atoms with Gasteiger partial charge < -0.3 is 0 Å². The SMILES string of the molecule is CCc1cc(CC)n(CCc2ccnn2C)n1. The second-order valence-electron chi connectivity index (χ2n) is 4.25. The average Bonchev–Trinajstić information content (AvgIpc) is 2.92. The lowest BCUT2D eigenvalue weighted by Crippen LogP contribution is -2.09. The van der Waals surface area contributed by atoms with Crippen molar-refractivity contribution in [3.63, 3.8) is 0 Å². The van der Waals surface area contributed by atoms with Crippen molar-refractivity contribution in [2.75, 3.05) is 0 Å². The van der Waals surface area contributed by atoms with Crippen LogP contribution in [0.15, 0.2) is 18.3 Å². The number of nitrogens with zero attached hydrogens (tertiary/aromatic N) is 4. The van der Waals surface area contributed by atoms with E-state index in [0.29, 0.717) is 0 Å². The average molecular weight is 232 g/mol. The first kappa shape index (κ1) is 11.9. The molecule has 92 valence electrons. The van der Waals surface area contributed by atoms with E-state index in [1.807, 2.05) is 17.9 Å². The van der Waals surface area contributed by atoms with Gasteiger partial charge in [0.25, 0.3) is 0 Å². The molecule has 0 saturated heterocycles. The fourth-order valence-corrected chi connectivity index (χ4v) is 2.03. The smallest absolute Gasteiger partial charge is 0.0624 e. The van der Waals surface area contributed by atoms with Crippen LogP contribution in [0, 0.1) is 0 Å². The summed E-state index contributed by atoms with van der Waals surface area (Å²) in [6.45, 7) is 5.26. The summed E-state index contributed by atoms with van der Waals surface area (Å²) in [6.07, 6.45) is 4.87. The Bertz CT molecular complexity index is 481. The first-order chi connectivity index (χ1) is 8.24. The van der Waals surface area contributed by atoms with Crippen molar-refractivity contribution in [1.29, 1.82) is 0 Å². The molecule has 0 bridgehead atoms. The van der Waals surface area contributed by atoms with Crippen LogP contribution in [0.3, 0.4) is 0 Å². The number of aryl methyl sites for hydroxylation is 5. The normalized spacial score (nSPS) is 11.0. The third-order valence-corrected chi connectivity index (χ3v) is 3.14. The van der Waals surface area contributed by atoms with Gasteiger partial charge in [-0.1, -0.05) is 13.8 Å². The molecule has 0 aliphatic heterocycles. The topological polar surface area (TPSA) is 35.6 Å². The van der Waals surface area contributed by atoms with Gasteiger partial charge in [0.2, 0.25) is 0 Å². The van der Waals surface area contributed by atoms with Gasteiger partial charge in [-0.3, -0.25) is 9.36 Å². The Hall–Kier alpha value is -1.58. The van der Waals surface area contributed by atoms with Crippen LogP contribution in [0.1, 0.15) is 30.9 Å².